The standard InChI is InChI=1S/C11H17ClN4O/c1-9(8-16-4-6-17-7-5-16)13-11-3-2-10(12)14-15-11/h2-3,9H,4-8H2,1H3,(H,13,15). The van der Waals surface area contributed by atoms with Crippen molar-refractivity contribution in [1.29, 1.82) is 0 Å². The Morgan fingerprint density at radius 1 is 1.41 bits per heavy atom. The van der Waals surface area contributed by atoms with E-state index < -0.39 is 0 Å². The first-order chi connectivity index (χ1) is 8.24. The molecule has 94 valence electrons. The lowest BCUT2D eigenvalue weighted by Crippen LogP contribution is -2.42. The van der Waals surface area contributed by atoms with Gasteiger partial charge in [0.2, 0.25) is 0 Å². The second-order valence-corrected chi connectivity index (χ2v) is 4.59. The van der Waals surface area contributed by atoms with E-state index in [1.54, 1.807) is 6.07 Å². The van der Waals surface area contributed by atoms with Crippen LogP contribution in [0.4, 0.5) is 5.82 Å². The fourth-order valence-corrected chi connectivity index (χ4v) is 1.96. The van der Waals surface area contributed by atoms with Crippen molar-refractivity contribution in [2.45, 2.75) is 13.0 Å². The maximum atomic E-state index is 5.68. The average molecular weight is 257 g/mol. The van der Waals surface area contributed by atoms with E-state index in [1.165, 1.54) is 0 Å². The highest BCUT2D eigenvalue weighted by Gasteiger charge is 2.13. The van der Waals surface area contributed by atoms with Gasteiger partial charge in [-0.15, -0.1) is 10.2 Å². The van der Waals surface area contributed by atoms with Gasteiger partial charge in [-0.3, -0.25) is 4.90 Å². The smallest absolute Gasteiger partial charge is 0.151 e. The van der Waals surface area contributed by atoms with Crippen LogP contribution < -0.4 is 5.32 Å². The molecule has 5 nitrogen and oxygen atoms in total. The number of hydrogen-bond donors (Lipinski definition) is 1. The van der Waals surface area contributed by atoms with Crippen LogP contribution in [0.15, 0.2) is 12.1 Å². The second-order valence-electron chi connectivity index (χ2n) is 4.20. The van der Waals surface area contributed by atoms with E-state index in [-0.39, 0.29) is 0 Å². The molecule has 0 bridgehead atoms. The first-order valence-electron chi connectivity index (χ1n) is 5.80. The minimum Gasteiger partial charge on any atom is -0.379 e. The SMILES string of the molecule is CC(CN1CCOCC1)Nc1ccc(Cl)nn1. The number of ether oxygens (including phenoxy) is 1. The van der Waals surface area contributed by atoms with Gasteiger partial charge in [0, 0.05) is 25.7 Å². The number of morpholine rings is 1. The molecule has 6 heteroatoms. The van der Waals surface area contributed by atoms with Crippen molar-refractivity contribution in [3.63, 3.8) is 0 Å². The molecule has 2 heterocycles. The monoisotopic (exact) mass is 256 g/mol. The van der Waals surface area contributed by atoms with Gasteiger partial charge < -0.3 is 10.1 Å². The Morgan fingerprint density at radius 2 is 2.18 bits per heavy atom. The largest absolute Gasteiger partial charge is 0.379 e. The third-order valence-corrected chi connectivity index (χ3v) is 2.86. The van der Waals surface area contributed by atoms with Gasteiger partial charge in [0.15, 0.2) is 5.15 Å². The summed E-state index contributed by atoms with van der Waals surface area (Å²) >= 11 is 5.68. The maximum absolute atomic E-state index is 5.68. The van der Waals surface area contributed by atoms with Gasteiger partial charge in [0.1, 0.15) is 5.82 Å². The van der Waals surface area contributed by atoms with E-state index in [1.807, 2.05) is 6.07 Å². The van der Waals surface area contributed by atoms with Crippen LogP contribution in [-0.4, -0.2) is 54.0 Å². The van der Waals surface area contributed by atoms with E-state index in [9.17, 15) is 0 Å². The van der Waals surface area contributed by atoms with Crippen molar-refractivity contribution in [3.05, 3.63) is 17.3 Å². The van der Waals surface area contributed by atoms with Gasteiger partial charge in [0.05, 0.1) is 13.2 Å². The summed E-state index contributed by atoms with van der Waals surface area (Å²) in [6.45, 7) is 6.76. The Labute approximate surface area is 106 Å². The van der Waals surface area contributed by atoms with Crippen molar-refractivity contribution >= 4 is 17.4 Å². The van der Waals surface area contributed by atoms with Gasteiger partial charge in [-0.2, -0.15) is 0 Å². The summed E-state index contributed by atoms with van der Waals surface area (Å²) < 4.78 is 5.31. The predicted molar refractivity (Wildman–Crippen MR) is 67.4 cm³/mol. The molecule has 0 radical (unpaired) electrons. The molecule has 0 aliphatic carbocycles. The Hall–Kier alpha value is -0.910. The predicted octanol–water partition coefficient (Wildman–Crippen LogP) is 1.26. The highest BCUT2D eigenvalue weighted by atomic mass is 35.5. The Morgan fingerprint density at radius 3 is 2.82 bits per heavy atom. The average Bonchev–Trinajstić information content (AvgIpc) is 2.33. The summed E-state index contributed by atoms with van der Waals surface area (Å²) in [7, 11) is 0. The van der Waals surface area contributed by atoms with Crippen molar-refractivity contribution in [1.82, 2.24) is 15.1 Å². The van der Waals surface area contributed by atoms with Crippen LogP contribution in [0.2, 0.25) is 5.15 Å². The molecule has 0 amide bonds. The van der Waals surface area contributed by atoms with Gasteiger partial charge in [0.25, 0.3) is 0 Å². The third-order valence-electron chi connectivity index (χ3n) is 2.66. The van der Waals surface area contributed by atoms with Crippen LogP contribution in [0, 0.1) is 0 Å². The molecule has 0 saturated carbocycles. The molecule has 1 fully saturated rings. The van der Waals surface area contributed by atoms with E-state index >= 15 is 0 Å². The lowest BCUT2D eigenvalue weighted by molar-refractivity contribution is 0.0368. The van der Waals surface area contributed by atoms with Gasteiger partial charge >= 0.3 is 0 Å². The zero-order valence-electron chi connectivity index (χ0n) is 9.90. The van der Waals surface area contributed by atoms with Crippen LogP contribution >= 0.6 is 11.6 Å². The topological polar surface area (TPSA) is 50.3 Å². The Balaban J connectivity index is 1.79. The van der Waals surface area contributed by atoms with Crippen molar-refractivity contribution in [2.24, 2.45) is 0 Å². The molecule has 1 saturated heterocycles. The fourth-order valence-electron chi connectivity index (χ4n) is 1.86. The molecule has 1 atom stereocenters. The second kappa shape index (κ2) is 6.14. The van der Waals surface area contributed by atoms with Crippen LogP contribution in [-0.2, 0) is 4.74 Å². The minimum atomic E-state index is 0.323. The molecule has 1 N–H and O–H groups in total. The Bertz CT molecular complexity index is 340. The lowest BCUT2D eigenvalue weighted by Gasteiger charge is -2.29. The number of halogens is 1. The normalized spacial score (nSPS) is 18.9. The molecular weight excluding hydrogens is 240 g/mol. The van der Waals surface area contributed by atoms with Crippen molar-refractivity contribution in [3.8, 4) is 0 Å². The molecule has 1 aliphatic heterocycles. The zero-order valence-corrected chi connectivity index (χ0v) is 10.7. The number of aromatic nitrogens is 2. The first kappa shape index (κ1) is 12.5. The summed E-state index contributed by atoms with van der Waals surface area (Å²) in [6, 6.07) is 3.90. The quantitative estimate of drug-likeness (QED) is 0.879. The maximum Gasteiger partial charge on any atom is 0.151 e. The highest BCUT2D eigenvalue weighted by molar-refractivity contribution is 6.29. The van der Waals surface area contributed by atoms with E-state index in [2.05, 4.69) is 27.3 Å². The van der Waals surface area contributed by atoms with Crippen molar-refractivity contribution in [2.75, 3.05) is 38.2 Å². The van der Waals surface area contributed by atoms with Crippen LogP contribution in [0.25, 0.3) is 0 Å². The summed E-state index contributed by atoms with van der Waals surface area (Å²) in [5.41, 5.74) is 0. The van der Waals surface area contributed by atoms with Crippen molar-refractivity contribution < 1.29 is 4.74 Å². The number of hydrogen-bond acceptors (Lipinski definition) is 5. The number of nitrogens with one attached hydrogen (secondary N) is 1. The molecule has 17 heavy (non-hydrogen) atoms. The van der Waals surface area contributed by atoms with Crippen LogP contribution in [0.3, 0.4) is 0 Å². The van der Waals surface area contributed by atoms with Crippen LogP contribution in [0.5, 0.6) is 0 Å². The zero-order chi connectivity index (χ0) is 12.1. The van der Waals surface area contributed by atoms with E-state index in [0.717, 1.165) is 38.7 Å². The van der Waals surface area contributed by atoms with Gasteiger partial charge in [-0.05, 0) is 19.1 Å². The van der Waals surface area contributed by atoms with Crippen LogP contribution in [0.1, 0.15) is 6.92 Å². The molecular formula is C11H17ClN4O. The first-order valence-corrected chi connectivity index (χ1v) is 6.18. The third kappa shape index (κ3) is 4.11. The number of rotatable bonds is 4. The number of nitrogens with zero attached hydrogens (tertiary/aromatic N) is 3. The summed E-state index contributed by atoms with van der Waals surface area (Å²) in [6.07, 6.45) is 0. The van der Waals surface area contributed by atoms with E-state index in [4.69, 9.17) is 16.3 Å². The molecule has 1 aromatic rings. The fraction of sp³-hybridized carbons (Fsp3) is 0.636. The minimum absolute atomic E-state index is 0.323. The van der Waals surface area contributed by atoms with Gasteiger partial charge in [-0.25, -0.2) is 0 Å². The lowest BCUT2D eigenvalue weighted by atomic mass is 10.3. The molecule has 0 aromatic carbocycles. The van der Waals surface area contributed by atoms with E-state index in [0.29, 0.717) is 11.2 Å². The Kier molecular flexibility index (Phi) is 4.53. The molecule has 1 aliphatic rings. The molecule has 2 rings (SSSR count). The molecule has 1 unspecified atom stereocenters. The number of anilines is 1. The molecule has 0 spiro atoms. The molecule has 1 aromatic heterocycles. The summed E-state index contributed by atoms with van der Waals surface area (Å²) in [5, 5.41) is 11.5. The summed E-state index contributed by atoms with van der Waals surface area (Å²) in [5.74, 6) is 0.759. The van der Waals surface area contributed by atoms with Gasteiger partial charge in [-0.1, -0.05) is 11.6 Å². The highest BCUT2D eigenvalue weighted by Crippen LogP contribution is 2.08. The summed E-state index contributed by atoms with van der Waals surface area (Å²) in [4.78, 5) is 2.38.